The van der Waals surface area contributed by atoms with Gasteiger partial charge in [-0.1, -0.05) is 5.21 Å². The number of aliphatic carboxylic acids is 1. The highest BCUT2D eigenvalue weighted by molar-refractivity contribution is 5.74. The first-order valence-corrected chi connectivity index (χ1v) is 6.29. The average Bonchev–Trinajstić information content (AvgIpc) is 2.84. The van der Waals surface area contributed by atoms with E-state index in [1.807, 2.05) is 0 Å². The SMILES string of the molecule is O=C(O)Cn1cc(CNC(=O)N2CCCCC2)nn1. The molecule has 8 heteroatoms. The third-order valence-electron chi connectivity index (χ3n) is 2.95. The summed E-state index contributed by atoms with van der Waals surface area (Å²) in [7, 11) is 0. The van der Waals surface area contributed by atoms with Gasteiger partial charge in [-0.25, -0.2) is 9.48 Å². The Kier molecular flexibility index (Phi) is 4.32. The minimum atomic E-state index is -0.978. The first-order valence-electron chi connectivity index (χ1n) is 6.29. The van der Waals surface area contributed by atoms with Crippen molar-refractivity contribution in [2.45, 2.75) is 32.4 Å². The molecule has 0 radical (unpaired) electrons. The molecule has 0 saturated carbocycles. The van der Waals surface area contributed by atoms with E-state index in [0.717, 1.165) is 25.9 Å². The molecular formula is C11H17N5O3. The van der Waals surface area contributed by atoms with Crippen molar-refractivity contribution >= 4 is 12.0 Å². The third kappa shape index (κ3) is 3.94. The maximum atomic E-state index is 11.8. The standard InChI is InChI=1S/C11H17N5O3/c17-10(18)8-16-7-9(13-14-16)6-12-11(19)15-4-2-1-3-5-15/h7H,1-6,8H2,(H,12,19)(H,17,18). The number of carboxylic acids is 1. The zero-order valence-corrected chi connectivity index (χ0v) is 10.6. The number of carbonyl (C=O) groups is 2. The van der Waals surface area contributed by atoms with Gasteiger partial charge in [-0.15, -0.1) is 5.10 Å². The van der Waals surface area contributed by atoms with E-state index in [1.165, 1.54) is 17.3 Å². The molecule has 1 fully saturated rings. The molecule has 1 aromatic rings. The van der Waals surface area contributed by atoms with Gasteiger partial charge in [-0.2, -0.15) is 0 Å². The maximum Gasteiger partial charge on any atom is 0.325 e. The molecule has 0 atom stereocenters. The summed E-state index contributed by atoms with van der Waals surface area (Å²) in [5.41, 5.74) is 0.548. The molecule has 0 bridgehead atoms. The lowest BCUT2D eigenvalue weighted by Crippen LogP contribution is -2.42. The Labute approximate surface area is 110 Å². The van der Waals surface area contributed by atoms with Gasteiger partial charge in [0.2, 0.25) is 0 Å². The monoisotopic (exact) mass is 267 g/mol. The summed E-state index contributed by atoms with van der Waals surface area (Å²) in [6.45, 7) is 1.61. The quantitative estimate of drug-likeness (QED) is 0.803. The van der Waals surface area contributed by atoms with E-state index in [2.05, 4.69) is 15.6 Å². The molecule has 1 aromatic heterocycles. The van der Waals surface area contributed by atoms with Crippen molar-refractivity contribution in [2.24, 2.45) is 0 Å². The number of likely N-dealkylation sites (tertiary alicyclic amines) is 1. The molecule has 104 valence electrons. The number of hydrogen-bond donors (Lipinski definition) is 2. The Balaban J connectivity index is 1.79. The van der Waals surface area contributed by atoms with E-state index < -0.39 is 5.97 Å². The summed E-state index contributed by atoms with van der Waals surface area (Å²) in [6, 6.07) is -0.104. The van der Waals surface area contributed by atoms with Crippen LogP contribution in [0.25, 0.3) is 0 Å². The van der Waals surface area contributed by atoms with Crippen LogP contribution in [0, 0.1) is 0 Å². The highest BCUT2D eigenvalue weighted by atomic mass is 16.4. The fraction of sp³-hybridized carbons (Fsp3) is 0.636. The normalized spacial score (nSPS) is 15.3. The number of piperidine rings is 1. The van der Waals surface area contributed by atoms with Gasteiger partial charge in [0.1, 0.15) is 12.2 Å². The van der Waals surface area contributed by atoms with Crippen LogP contribution >= 0.6 is 0 Å². The number of rotatable bonds is 4. The molecule has 0 aromatic carbocycles. The van der Waals surface area contributed by atoms with E-state index in [-0.39, 0.29) is 19.1 Å². The van der Waals surface area contributed by atoms with Gasteiger partial charge >= 0.3 is 12.0 Å². The van der Waals surface area contributed by atoms with Crippen molar-refractivity contribution < 1.29 is 14.7 Å². The molecule has 19 heavy (non-hydrogen) atoms. The lowest BCUT2D eigenvalue weighted by Gasteiger charge is -2.26. The van der Waals surface area contributed by atoms with E-state index in [9.17, 15) is 9.59 Å². The van der Waals surface area contributed by atoms with Crippen molar-refractivity contribution in [1.82, 2.24) is 25.2 Å². The van der Waals surface area contributed by atoms with Crippen molar-refractivity contribution in [3.63, 3.8) is 0 Å². The molecule has 1 aliphatic heterocycles. The fourth-order valence-electron chi connectivity index (χ4n) is 2.01. The molecule has 2 N–H and O–H groups in total. The Morgan fingerprint density at radius 1 is 1.32 bits per heavy atom. The first kappa shape index (κ1) is 13.3. The van der Waals surface area contributed by atoms with Crippen LogP contribution in [0.15, 0.2) is 6.20 Å². The van der Waals surface area contributed by atoms with Crippen molar-refractivity contribution in [2.75, 3.05) is 13.1 Å². The van der Waals surface area contributed by atoms with Crippen LogP contribution in [0.3, 0.4) is 0 Å². The number of urea groups is 1. The lowest BCUT2D eigenvalue weighted by atomic mass is 10.1. The van der Waals surface area contributed by atoms with Gasteiger partial charge in [0.05, 0.1) is 12.7 Å². The Bertz CT molecular complexity index is 453. The van der Waals surface area contributed by atoms with E-state index in [0.29, 0.717) is 5.69 Å². The van der Waals surface area contributed by atoms with Crippen molar-refractivity contribution in [3.05, 3.63) is 11.9 Å². The van der Waals surface area contributed by atoms with Gasteiger partial charge in [0.15, 0.2) is 0 Å². The summed E-state index contributed by atoms with van der Waals surface area (Å²) in [5, 5.41) is 18.8. The van der Waals surface area contributed by atoms with Crippen molar-refractivity contribution in [3.8, 4) is 0 Å². The third-order valence-corrected chi connectivity index (χ3v) is 2.95. The van der Waals surface area contributed by atoms with Gasteiger partial charge in [0, 0.05) is 13.1 Å². The molecule has 2 heterocycles. The van der Waals surface area contributed by atoms with Crippen LogP contribution in [-0.4, -0.2) is 50.1 Å². The molecule has 1 saturated heterocycles. The van der Waals surface area contributed by atoms with Crippen LogP contribution in [0.2, 0.25) is 0 Å². The van der Waals surface area contributed by atoms with Crippen LogP contribution < -0.4 is 5.32 Å². The molecule has 1 aliphatic rings. The lowest BCUT2D eigenvalue weighted by molar-refractivity contribution is -0.137. The van der Waals surface area contributed by atoms with Crippen LogP contribution in [0.5, 0.6) is 0 Å². The minimum Gasteiger partial charge on any atom is -0.480 e. The summed E-state index contributed by atoms with van der Waals surface area (Å²) >= 11 is 0. The predicted octanol–water partition coefficient (Wildman–Crippen LogP) is 0.0582. The zero-order valence-electron chi connectivity index (χ0n) is 10.6. The highest BCUT2D eigenvalue weighted by Gasteiger charge is 2.16. The van der Waals surface area contributed by atoms with E-state index in [1.54, 1.807) is 4.90 Å². The molecule has 0 spiro atoms. The number of carbonyl (C=O) groups excluding carboxylic acids is 1. The van der Waals surface area contributed by atoms with Crippen LogP contribution in [-0.2, 0) is 17.9 Å². The minimum absolute atomic E-state index is 0.104. The highest BCUT2D eigenvalue weighted by Crippen LogP contribution is 2.08. The number of amides is 2. The molecule has 2 rings (SSSR count). The summed E-state index contributed by atoms with van der Waals surface area (Å²) in [6.07, 6.45) is 4.78. The number of nitrogens with zero attached hydrogens (tertiary/aromatic N) is 4. The summed E-state index contributed by atoms with van der Waals surface area (Å²) in [4.78, 5) is 24.1. The van der Waals surface area contributed by atoms with Crippen molar-refractivity contribution in [1.29, 1.82) is 0 Å². The fourth-order valence-corrected chi connectivity index (χ4v) is 2.01. The number of aromatic nitrogens is 3. The van der Waals surface area contributed by atoms with Crippen LogP contribution in [0.4, 0.5) is 4.79 Å². The second-order valence-corrected chi connectivity index (χ2v) is 4.51. The topological polar surface area (TPSA) is 100 Å². The Morgan fingerprint density at radius 3 is 2.74 bits per heavy atom. The van der Waals surface area contributed by atoms with Crippen LogP contribution in [0.1, 0.15) is 25.0 Å². The summed E-state index contributed by atoms with van der Waals surface area (Å²) < 4.78 is 1.23. The molecule has 8 nitrogen and oxygen atoms in total. The maximum absolute atomic E-state index is 11.8. The molecule has 2 amide bonds. The van der Waals surface area contributed by atoms with E-state index in [4.69, 9.17) is 5.11 Å². The van der Waals surface area contributed by atoms with Gasteiger partial charge in [-0.05, 0) is 19.3 Å². The van der Waals surface area contributed by atoms with Gasteiger partial charge < -0.3 is 15.3 Å². The number of hydrogen-bond acceptors (Lipinski definition) is 4. The molecule has 0 aliphatic carbocycles. The van der Waals surface area contributed by atoms with E-state index >= 15 is 0 Å². The number of nitrogens with one attached hydrogen (secondary N) is 1. The summed E-state index contributed by atoms with van der Waals surface area (Å²) in [5.74, 6) is -0.978. The largest absolute Gasteiger partial charge is 0.480 e. The number of carboxylic acid groups (broad SMARTS) is 1. The second-order valence-electron chi connectivity index (χ2n) is 4.51. The average molecular weight is 267 g/mol. The van der Waals surface area contributed by atoms with Gasteiger partial charge in [-0.3, -0.25) is 4.79 Å². The second kappa shape index (κ2) is 6.17. The predicted molar refractivity (Wildman–Crippen MR) is 65.3 cm³/mol. The Hall–Kier alpha value is -2.12. The van der Waals surface area contributed by atoms with Gasteiger partial charge in [0.25, 0.3) is 0 Å². The smallest absolute Gasteiger partial charge is 0.325 e. The molecule has 0 unspecified atom stereocenters. The zero-order chi connectivity index (χ0) is 13.7. The first-order chi connectivity index (χ1) is 9.15. The Morgan fingerprint density at radius 2 is 2.05 bits per heavy atom. The molecular weight excluding hydrogens is 250 g/mol.